The Balaban J connectivity index is 1.95. The minimum atomic E-state index is 0.00829. The summed E-state index contributed by atoms with van der Waals surface area (Å²) < 4.78 is 0. The zero-order chi connectivity index (χ0) is 13.7. The van der Waals surface area contributed by atoms with E-state index in [1.807, 2.05) is 11.9 Å². The van der Waals surface area contributed by atoms with Crippen molar-refractivity contribution < 1.29 is 4.79 Å². The van der Waals surface area contributed by atoms with Crippen molar-refractivity contribution >= 4 is 22.4 Å². The van der Waals surface area contributed by atoms with Crippen LogP contribution >= 0.6 is 11.3 Å². The van der Waals surface area contributed by atoms with Crippen LogP contribution in [0.3, 0.4) is 0 Å². The first-order valence-corrected chi connectivity index (χ1v) is 7.88. The Morgan fingerprint density at radius 3 is 2.79 bits per heavy atom. The van der Waals surface area contributed by atoms with Crippen LogP contribution in [0.1, 0.15) is 55.3 Å². The van der Waals surface area contributed by atoms with Gasteiger partial charge in [0.15, 0.2) is 0 Å². The number of hydrogen-bond donors (Lipinski definition) is 1. The number of aromatic nitrogens is 2. The van der Waals surface area contributed by atoms with Gasteiger partial charge in [0.05, 0.1) is 0 Å². The normalized spacial score (nSPS) is 16.3. The summed E-state index contributed by atoms with van der Waals surface area (Å²) in [6.07, 6.45) is 7.00. The van der Waals surface area contributed by atoms with Gasteiger partial charge in [0.2, 0.25) is 10.1 Å². The van der Waals surface area contributed by atoms with Crippen molar-refractivity contribution in [1.29, 1.82) is 0 Å². The standard InChI is InChI=1S/C13H22N4OS/c1-3-9-14-13-16-15-11(19-13)12(18)17(2)10-7-5-4-6-8-10/h10H,3-9H2,1-2H3,(H,14,16). The van der Waals surface area contributed by atoms with E-state index < -0.39 is 0 Å². The Kier molecular flexibility index (Phi) is 5.13. The second-order valence-electron chi connectivity index (χ2n) is 5.05. The zero-order valence-electron chi connectivity index (χ0n) is 11.7. The van der Waals surface area contributed by atoms with Gasteiger partial charge in [-0.3, -0.25) is 4.79 Å². The molecule has 0 aromatic carbocycles. The highest BCUT2D eigenvalue weighted by atomic mass is 32.1. The van der Waals surface area contributed by atoms with Gasteiger partial charge in [0, 0.05) is 19.6 Å². The average molecular weight is 282 g/mol. The van der Waals surface area contributed by atoms with E-state index in [0.29, 0.717) is 11.0 Å². The maximum Gasteiger partial charge on any atom is 0.284 e. The Morgan fingerprint density at radius 1 is 1.37 bits per heavy atom. The molecule has 0 saturated heterocycles. The highest BCUT2D eigenvalue weighted by molar-refractivity contribution is 7.17. The quantitative estimate of drug-likeness (QED) is 0.902. The lowest BCUT2D eigenvalue weighted by Crippen LogP contribution is -2.38. The third kappa shape index (κ3) is 3.65. The number of nitrogens with zero attached hydrogens (tertiary/aromatic N) is 3. The van der Waals surface area contributed by atoms with Crippen LogP contribution in [0.25, 0.3) is 0 Å². The second-order valence-corrected chi connectivity index (χ2v) is 6.02. The molecule has 1 aliphatic rings. The van der Waals surface area contributed by atoms with Crippen LogP contribution < -0.4 is 5.32 Å². The minimum Gasteiger partial charge on any atom is -0.360 e. The lowest BCUT2D eigenvalue weighted by molar-refractivity contribution is 0.0695. The molecule has 1 aliphatic carbocycles. The van der Waals surface area contributed by atoms with Crippen molar-refractivity contribution in [2.24, 2.45) is 0 Å². The van der Waals surface area contributed by atoms with Gasteiger partial charge >= 0.3 is 0 Å². The summed E-state index contributed by atoms with van der Waals surface area (Å²) in [5.74, 6) is 0.00829. The van der Waals surface area contributed by atoms with Crippen LogP contribution in [0.5, 0.6) is 0 Å². The van der Waals surface area contributed by atoms with Gasteiger partial charge in [-0.2, -0.15) is 0 Å². The average Bonchev–Trinajstić information content (AvgIpc) is 2.93. The molecule has 0 aliphatic heterocycles. The topological polar surface area (TPSA) is 58.1 Å². The number of hydrogen-bond acceptors (Lipinski definition) is 5. The van der Waals surface area contributed by atoms with Crippen molar-refractivity contribution in [3.05, 3.63) is 5.01 Å². The molecule has 19 heavy (non-hydrogen) atoms. The second kappa shape index (κ2) is 6.84. The van der Waals surface area contributed by atoms with Gasteiger partial charge in [0.1, 0.15) is 0 Å². The third-order valence-electron chi connectivity index (χ3n) is 3.58. The van der Waals surface area contributed by atoms with Crippen molar-refractivity contribution in [2.75, 3.05) is 18.9 Å². The molecule has 6 heteroatoms. The lowest BCUT2D eigenvalue weighted by Gasteiger charge is -2.30. The monoisotopic (exact) mass is 282 g/mol. The van der Waals surface area contributed by atoms with Gasteiger partial charge in [-0.25, -0.2) is 0 Å². The zero-order valence-corrected chi connectivity index (χ0v) is 12.5. The Morgan fingerprint density at radius 2 is 2.11 bits per heavy atom. The van der Waals surface area contributed by atoms with Crippen molar-refractivity contribution in [2.45, 2.75) is 51.5 Å². The summed E-state index contributed by atoms with van der Waals surface area (Å²) in [6, 6.07) is 0.372. The van der Waals surface area contributed by atoms with E-state index >= 15 is 0 Å². The van der Waals surface area contributed by atoms with Crippen molar-refractivity contribution in [1.82, 2.24) is 15.1 Å². The molecular formula is C13H22N4OS. The molecule has 0 bridgehead atoms. The summed E-state index contributed by atoms with van der Waals surface area (Å²) >= 11 is 1.35. The first-order chi connectivity index (χ1) is 9.22. The smallest absolute Gasteiger partial charge is 0.284 e. The number of carbonyl (C=O) groups excluding carboxylic acids is 1. The molecule has 0 radical (unpaired) electrons. The fourth-order valence-corrected chi connectivity index (χ4v) is 3.15. The lowest BCUT2D eigenvalue weighted by atomic mass is 9.94. The third-order valence-corrected chi connectivity index (χ3v) is 4.45. The minimum absolute atomic E-state index is 0.00829. The fraction of sp³-hybridized carbons (Fsp3) is 0.769. The van der Waals surface area contributed by atoms with E-state index in [1.165, 1.54) is 30.6 Å². The molecular weight excluding hydrogens is 260 g/mol. The molecule has 0 spiro atoms. The molecule has 0 unspecified atom stereocenters. The summed E-state index contributed by atoms with van der Waals surface area (Å²) in [5, 5.41) is 12.4. The van der Waals surface area contributed by atoms with Crippen LogP contribution in [0.4, 0.5) is 5.13 Å². The van der Waals surface area contributed by atoms with E-state index in [0.717, 1.165) is 30.9 Å². The number of rotatable bonds is 5. The van der Waals surface area contributed by atoms with E-state index in [4.69, 9.17) is 0 Å². The molecule has 1 amide bonds. The Hall–Kier alpha value is -1.17. The molecule has 1 fully saturated rings. The maximum absolute atomic E-state index is 12.3. The molecule has 106 valence electrons. The first-order valence-electron chi connectivity index (χ1n) is 7.07. The molecule has 5 nitrogen and oxygen atoms in total. The predicted molar refractivity (Wildman–Crippen MR) is 77.7 cm³/mol. The largest absolute Gasteiger partial charge is 0.360 e. The fourth-order valence-electron chi connectivity index (χ4n) is 2.40. The van der Waals surface area contributed by atoms with Crippen LogP contribution in [0.2, 0.25) is 0 Å². The van der Waals surface area contributed by atoms with Gasteiger partial charge < -0.3 is 10.2 Å². The molecule has 1 N–H and O–H groups in total. The molecule has 1 saturated carbocycles. The van der Waals surface area contributed by atoms with E-state index in [1.54, 1.807) is 0 Å². The predicted octanol–water partition coefficient (Wildman–Crippen LogP) is 2.76. The highest BCUT2D eigenvalue weighted by Crippen LogP contribution is 2.24. The van der Waals surface area contributed by atoms with Crippen molar-refractivity contribution in [3.8, 4) is 0 Å². The number of amides is 1. The van der Waals surface area contributed by atoms with Gasteiger partial charge in [0.25, 0.3) is 5.91 Å². The summed E-state index contributed by atoms with van der Waals surface area (Å²) in [4.78, 5) is 14.2. The van der Waals surface area contributed by atoms with Gasteiger partial charge in [-0.1, -0.05) is 37.5 Å². The van der Waals surface area contributed by atoms with E-state index in [2.05, 4.69) is 22.4 Å². The Bertz CT molecular complexity index is 415. The molecule has 1 aromatic rings. The molecule has 2 rings (SSSR count). The molecule has 1 heterocycles. The van der Waals surface area contributed by atoms with Gasteiger partial charge in [-0.05, 0) is 19.3 Å². The molecule has 1 aromatic heterocycles. The number of anilines is 1. The van der Waals surface area contributed by atoms with Crippen LogP contribution in [0.15, 0.2) is 0 Å². The first kappa shape index (κ1) is 14.2. The van der Waals surface area contributed by atoms with E-state index in [9.17, 15) is 4.79 Å². The maximum atomic E-state index is 12.3. The van der Waals surface area contributed by atoms with Crippen molar-refractivity contribution in [3.63, 3.8) is 0 Å². The number of nitrogens with one attached hydrogen (secondary N) is 1. The summed E-state index contributed by atoms with van der Waals surface area (Å²) in [6.45, 7) is 2.96. The van der Waals surface area contributed by atoms with E-state index in [-0.39, 0.29) is 5.91 Å². The van der Waals surface area contributed by atoms with Crippen LogP contribution in [0, 0.1) is 0 Å². The number of carbonyl (C=O) groups is 1. The summed E-state index contributed by atoms with van der Waals surface area (Å²) in [7, 11) is 1.89. The SMILES string of the molecule is CCCNc1nnc(C(=O)N(C)C2CCCCC2)s1. The molecule has 0 atom stereocenters. The summed E-state index contributed by atoms with van der Waals surface area (Å²) in [5.41, 5.74) is 0. The van der Waals surface area contributed by atoms with Crippen LogP contribution in [-0.4, -0.2) is 40.6 Å². The Labute approximate surface area is 118 Å². The van der Waals surface area contributed by atoms with Gasteiger partial charge in [-0.15, -0.1) is 10.2 Å². The van der Waals surface area contributed by atoms with Crippen LogP contribution in [-0.2, 0) is 0 Å². The highest BCUT2D eigenvalue weighted by Gasteiger charge is 2.25.